The summed E-state index contributed by atoms with van der Waals surface area (Å²) in [7, 11) is 2.00. The molecule has 3 rings (SSSR count). The summed E-state index contributed by atoms with van der Waals surface area (Å²) in [5.74, 6) is -0.732. The van der Waals surface area contributed by atoms with Crippen LogP contribution in [0.3, 0.4) is 0 Å². The lowest BCUT2D eigenvalue weighted by molar-refractivity contribution is -0.384. The molecule has 1 aromatic heterocycles. The lowest BCUT2D eigenvalue weighted by atomic mass is 10.1. The molecule has 0 bridgehead atoms. The van der Waals surface area contributed by atoms with Gasteiger partial charge in [-0.25, -0.2) is 9.78 Å². The van der Waals surface area contributed by atoms with Crippen LogP contribution < -0.4 is 10.2 Å². The summed E-state index contributed by atoms with van der Waals surface area (Å²) < 4.78 is 4.89. The molecular weight excluding hydrogens is 324 g/mol. The number of pyridine rings is 1. The third-order valence-electron chi connectivity index (χ3n) is 4.08. The van der Waals surface area contributed by atoms with E-state index in [1.807, 2.05) is 25.2 Å². The number of nitro groups is 1. The van der Waals surface area contributed by atoms with Gasteiger partial charge >= 0.3 is 11.7 Å². The molecule has 1 aliphatic rings. The third kappa shape index (κ3) is 3.23. The number of likely N-dealkylation sites (N-methyl/N-ethyl adjacent to an activating group) is 1. The molecule has 0 amide bonds. The Balaban J connectivity index is 1.98. The molecule has 0 radical (unpaired) electrons. The topological polar surface area (TPSA) is 97.6 Å². The molecule has 130 valence electrons. The van der Waals surface area contributed by atoms with Crippen LogP contribution in [0.25, 0.3) is 0 Å². The van der Waals surface area contributed by atoms with Gasteiger partial charge < -0.3 is 15.0 Å². The number of hydrogen-bond donors (Lipinski definition) is 1. The highest BCUT2D eigenvalue weighted by molar-refractivity contribution is 5.96. The van der Waals surface area contributed by atoms with Gasteiger partial charge in [0, 0.05) is 31.2 Å². The first-order valence-electron chi connectivity index (χ1n) is 7.93. The number of hydrogen-bond acceptors (Lipinski definition) is 7. The van der Waals surface area contributed by atoms with Gasteiger partial charge in [0.1, 0.15) is 5.56 Å². The van der Waals surface area contributed by atoms with E-state index in [1.54, 1.807) is 6.92 Å². The highest BCUT2D eigenvalue weighted by Gasteiger charge is 2.27. The molecule has 0 saturated carbocycles. The molecule has 0 unspecified atom stereocenters. The normalized spacial score (nSPS) is 12.6. The largest absolute Gasteiger partial charge is 0.462 e. The molecule has 1 aromatic carbocycles. The van der Waals surface area contributed by atoms with Gasteiger partial charge in [0.2, 0.25) is 5.82 Å². The van der Waals surface area contributed by atoms with Crippen LogP contribution in [0.15, 0.2) is 30.5 Å². The van der Waals surface area contributed by atoms with Gasteiger partial charge in [-0.2, -0.15) is 0 Å². The molecule has 8 nitrogen and oxygen atoms in total. The van der Waals surface area contributed by atoms with E-state index in [2.05, 4.69) is 15.2 Å². The van der Waals surface area contributed by atoms with E-state index in [0.29, 0.717) is 5.69 Å². The van der Waals surface area contributed by atoms with Crippen molar-refractivity contribution in [1.82, 2.24) is 4.98 Å². The Kier molecular flexibility index (Phi) is 4.51. The number of carbonyl (C=O) groups excluding carboxylic acids is 1. The Hall–Kier alpha value is -3.16. The zero-order chi connectivity index (χ0) is 18.0. The number of aromatic nitrogens is 1. The molecule has 1 N–H and O–H groups in total. The number of nitrogens with one attached hydrogen (secondary N) is 1. The SMILES string of the molecule is CCOC(=O)c1ccnc(Nc2ccc3c(c2)N(C)CC3)c1[N+](=O)[O-]. The van der Waals surface area contributed by atoms with Gasteiger partial charge in [0.05, 0.1) is 11.5 Å². The lowest BCUT2D eigenvalue weighted by Gasteiger charge is -2.14. The standard InChI is InChI=1S/C17H18N4O4/c1-3-25-17(22)13-6-8-18-16(15(13)21(23)24)19-12-5-4-11-7-9-20(2)14(11)10-12/h4-6,8,10H,3,7,9H2,1-2H3,(H,18,19). The predicted molar refractivity (Wildman–Crippen MR) is 93.5 cm³/mol. The number of fused-ring (bicyclic) bond motifs is 1. The zero-order valence-electron chi connectivity index (χ0n) is 14.0. The fourth-order valence-corrected chi connectivity index (χ4v) is 2.86. The second kappa shape index (κ2) is 6.76. The van der Waals surface area contributed by atoms with Crippen LogP contribution in [0.1, 0.15) is 22.8 Å². The maximum Gasteiger partial charge on any atom is 0.345 e. The van der Waals surface area contributed by atoms with Crippen LogP contribution in [-0.2, 0) is 11.2 Å². The summed E-state index contributed by atoms with van der Waals surface area (Å²) in [6, 6.07) is 7.05. The number of esters is 1. The average molecular weight is 342 g/mol. The summed E-state index contributed by atoms with van der Waals surface area (Å²) in [4.78, 5) is 29.0. The Bertz CT molecular complexity index is 837. The molecule has 25 heavy (non-hydrogen) atoms. The van der Waals surface area contributed by atoms with Gasteiger partial charge in [-0.05, 0) is 37.1 Å². The van der Waals surface area contributed by atoms with E-state index in [4.69, 9.17) is 4.74 Å². The molecular formula is C17H18N4O4. The maximum atomic E-state index is 12.0. The average Bonchev–Trinajstić information content (AvgIpc) is 2.95. The summed E-state index contributed by atoms with van der Waals surface area (Å²) in [6.07, 6.45) is 2.32. The smallest absolute Gasteiger partial charge is 0.345 e. The zero-order valence-corrected chi connectivity index (χ0v) is 14.0. The molecule has 2 heterocycles. The van der Waals surface area contributed by atoms with Crippen molar-refractivity contribution in [2.75, 3.05) is 30.4 Å². The minimum absolute atomic E-state index is 0.0103. The van der Waals surface area contributed by atoms with Crippen molar-refractivity contribution >= 4 is 28.8 Å². The highest BCUT2D eigenvalue weighted by Crippen LogP contribution is 2.33. The van der Waals surface area contributed by atoms with Gasteiger partial charge in [-0.15, -0.1) is 0 Å². The number of nitrogens with zero attached hydrogens (tertiary/aromatic N) is 3. The van der Waals surface area contributed by atoms with Crippen LogP contribution >= 0.6 is 0 Å². The van der Waals surface area contributed by atoms with E-state index in [0.717, 1.165) is 18.7 Å². The summed E-state index contributed by atoms with van der Waals surface area (Å²) in [5.41, 5.74) is 2.46. The molecule has 0 atom stereocenters. The Labute approximate surface area is 144 Å². The van der Waals surface area contributed by atoms with Crippen molar-refractivity contribution in [2.45, 2.75) is 13.3 Å². The number of ether oxygens (including phenoxy) is 1. The first kappa shape index (κ1) is 16.7. The molecule has 2 aromatic rings. The Morgan fingerprint density at radius 1 is 1.44 bits per heavy atom. The molecule has 0 fully saturated rings. The van der Waals surface area contributed by atoms with Crippen molar-refractivity contribution in [3.8, 4) is 0 Å². The van der Waals surface area contributed by atoms with E-state index >= 15 is 0 Å². The molecule has 1 aliphatic heterocycles. The van der Waals surface area contributed by atoms with Crippen LogP contribution in [0, 0.1) is 10.1 Å². The summed E-state index contributed by atoms with van der Waals surface area (Å²) in [6.45, 7) is 2.72. The summed E-state index contributed by atoms with van der Waals surface area (Å²) in [5, 5.41) is 14.4. The van der Waals surface area contributed by atoms with Crippen molar-refractivity contribution in [2.24, 2.45) is 0 Å². The van der Waals surface area contributed by atoms with E-state index < -0.39 is 16.6 Å². The van der Waals surface area contributed by atoms with Gasteiger partial charge in [-0.1, -0.05) is 6.07 Å². The van der Waals surface area contributed by atoms with Crippen molar-refractivity contribution in [1.29, 1.82) is 0 Å². The Morgan fingerprint density at radius 3 is 2.96 bits per heavy atom. The van der Waals surface area contributed by atoms with Crippen LogP contribution in [0.2, 0.25) is 0 Å². The first-order chi connectivity index (χ1) is 12.0. The second-order valence-corrected chi connectivity index (χ2v) is 5.67. The second-order valence-electron chi connectivity index (χ2n) is 5.67. The van der Waals surface area contributed by atoms with E-state index in [9.17, 15) is 14.9 Å². The van der Waals surface area contributed by atoms with Crippen molar-refractivity contribution in [3.05, 3.63) is 51.7 Å². The molecule has 0 saturated heterocycles. The maximum absolute atomic E-state index is 12.0. The number of anilines is 3. The fourth-order valence-electron chi connectivity index (χ4n) is 2.86. The minimum atomic E-state index is -0.742. The Morgan fingerprint density at radius 2 is 2.24 bits per heavy atom. The highest BCUT2D eigenvalue weighted by atomic mass is 16.6. The number of benzene rings is 1. The van der Waals surface area contributed by atoms with E-state index in [1.165, 1.54) is 17.8 Å². The van der Waals surface area contributed by atoms with E-state index in [-0.39, 0.29) is 18.0 Å². The van der Waals surface area contributed by atoms with Crippen LogP contribution in [0.5, 0.6) is 0 Å². The molecule has 8 heteroatoms. The van der Waals surface area contributed by atoms with Crippen molar-refractivity contribution in [3.63, 3.8) is 0 Å². The van der Waals surface area contributed by atoms with Crippen LogP contribution in [0.4, 0.5) is 22.9 Å². The van der Waals surface area contributed by atoms with Crippen molar-refractivity contribution < 1.29 is 14.5 Å². The number of carbonyl (C=O) groups is 1. The lowest BCUT2D eigenvalue weighted by Crippen LogP contribution is -2.12. The molecule has 0 spiro atoms. The van der Waals surface area contributed by atoms with Gasteiger partial charge in [0.15, 0.2) is 0 Å². The van der Waals surface area contributed by atoms with Gasteiger partial charge in [0.25, 0.3) is 0 Å². The quantitative estimate of drug-likeness (QED) is 0.507. The predicted octanol–water partition coefficient (Wildman–Crippen LogP) is 2.90. The molecule has 0 aliphatic carbocycles. The van der Waals surface area contributed by atoms with Gasteiger partial charge in [-0.3, -0.25) is 10.1 Å². The number of rotatable bonds is 5. The van der Waals surface area contributed by atoms with Crippen LogP contribution in [-0.4, -0.2) is 36.1 Å². The summed E-state index contributed by atoms with van der Waals surface area (Å²) >= 11 is 0. The third-order valence-corrected chi connectivity index (χ3v) is 4.08. The minimum Gasteiger partial charge on any atom is -0.462 e. The monoisotopic (exact) mass is 342 g/mol. The first-order valence-corrected chi connectivity index (χ1v) is 7.93. The fraction of sp³-hybridized carbons (Fsp3) is 0.294.